The Morgan fingerprint density at radius 3 is 2.45 bits per heavy atom. The lowest BCUT2D eigenvalue weighted by molar-refractivity contribution is 0.600. The SMILES string of the molecule is Cc1cc(F)ccc1NS(=O)(=O)c1cnc(NN)nc1. The van der Waals surface area contributed by atoms with Crippen LogP contribution in [0.1, 0.15) is 5.56 Å². The highest BCUT2D eigenvalue weighted by Crippen LogP contribution is 2.20. The predicted molar refractivity (Wildman–Crippen MR) is 71.8 cm³/mol. The summed E-state index contributed by atoms with van der Waals surface area (Å²) in [4.78, 5) is 7.31. The van der Waals surface area contributed by atoms with Crippen LogP contribution >= 0.6 is 0 Å². The maximum Gasteiger partial charge on any atom is 0.264 e. The van der Waals surface area contributed by atoms with Gasteiger partial charge in [-0.15, -0.1) is 0 Å². The highest BCUT2D eigenvalue weighted by molar-refractivity contribution is 7.92. The maximum atomic E-state index is 13.0. The summed E-state index contributed by atoms with van der Waals surface area (Å²) in [5.41, 5.74) is 2.94. The van der Waals surface area contributed by atoms with Crippen LogP contribution in [-0.2, 0) is 10.0 Å². The zero-order chi connectivity index (χ0) is 14.8. The normalized spacial score (nSPS) is 11.2. The first-order valence-electron chi connectivity index (χ1n) is 5.50. The highest BCUT2D eigenvalue weighted by atomic mass is 32.2. The minimum absolute atomic E-state index is 0.0990. The number of aromatic nitrogens is 2. The summed E-state index contributed by atoms with van der Waals surface area (Å²) in [5, 5.41) is 0. The number of halogens is 1. The third kappa shape index (κ3) is 3.00. The quantitative estimate of drug-likeness (QED) is 0.574. The number of nitrogens with one attached hydrogen (secondary N) is 2. The Morgan fingerprint density at radius 1 is 1.25 bits per heavy atom. The van der Waals surface area contributed by atoms with E-state index >= 15 is 0 Å². The number of nitrogens with zero attached hydrogens (tertiary/aromatic N) is 2. The summed E-state index contributed by atoms with van der Waals surface area (Å²) >= 11 is 0. The number of sulfonamides is 1. The molecule has 0 radical (unpaired) electrons. The van der Waals surface area contributed by atoms with Gasteiger partial charge in [-0.05, 0) is 30.7 Å². The van der Waals surface area contributed by atoms with E-state index in [9.17, 15) is 12.8 Å². The molecule has 7 nitrogen and oxygen atoms in total. The molecule has 0 amide bonds. The summed E-state index contributed by atoms with van der Waals surface area (Å²) in [5.74, 6) is 4.75. The van der Waals surface area contributed by atoms with Crippen LogP contribution in [0.2, 0.25) is 0 Å². The number of rotatable bonds is 4. The lowest BCUT2D eigenvalue weighted by Gasteiger charge is -2.10. The Balaban J connectivity index is 2.30. The number of nitrogen functional groups attached to an aromatic ring is 1. The van der Waals surface area contributed by atoms with Gasteiger partial charge in [-0.3, -0.25) is 10.1 Å². The van der Waals surface area contributed by atoms with E-state index in [0.717, 1.165) is 12.4 Å². The van der Waals surface area contributed by atoms with Crippen LogP contribution in [0, 0.1) is 12.7 Å². The van der Waals surface area contributed by atoms with Crippen molar-refractivity contribution in [2.24, 2.45) is 5.84 Å². The maximum absolute atomic E-state index is 13.0. The van der Waals surface area contributed by atoms with Gasteiger partial charge in [-0.1, -0.05) is 0 Å². The van der Waals surface area contributed by atoms with Gasteiger partial charge < -0.3 is 0 Å². The van der Waals surface area contributed by atoms with E-state index in [1.807, 2.05) is 0 Å². The Hall–Kier alpha value is -2.26. The number of hydrazine groups is 1. The molecule has 0 unspecified atom stereocenters. The van der Waals surface area contributed by atoms with Crippen molar-refractivity contribution in [2.45, 2.75) is 11.8 Å². The van der Waals surface area contributed by atoms with Crippen LogP contribution in [0.3, 0.4) is 0 Å². The Kier molecular flexibility index (Phi) is 3.81. The van der Waals surface area contributed by atoms with Gasteiger partial charge in [0.2, 0.25) is 5.95 Å². The molecule has 1 aromatic heterocycles. The molecule has 2 aromatic rings. The van der Waals surface area contributed by atoms with Gasteiger partial charge in [-0.25, -0.2) is 28.6 Å². The lowest BCUT2D eigenvalue weighted by atomic mass is 10.2. The number of hydrogen-bond acceptors (Lipinski definition) is 6. The third-order valence-corrected chi connectivity index (χ3v) is 3.82. The second-order valence-electron chi connectivity index (χ2n) is 3.95. The molecule has 0 saturated carbocycles. The average Bonchev–Trinajstić information content (AvgIpc) is 2.42. The average molecular weight is 297 g/mol. The number of hydrogen-bond donors (Lipinski definition) is 3. The molecule has 0 bridgehead atoms. The number of nitrogens with two attached hydrogens (primary N) is 1. The molecular formula is C11H12FN5O2S. The van der Waals surface area contributed by atoms with E-state index in [2.05, 4.69) is 20.1 Å². The number of aryl methyl sites for hydroxylation is 1. The fraction of sp³-hybridized carbons (Fsp3) is 0.0909. The first-order chi connectivity index (χ1) is 9.42. The van der Waals surface area contributed by atoms with Crippen LogP contribution in [0.5, 0.6) is 0 Å². The van der Waals surface area contributed by atoms with Crippen LogP contribution in [0.4, 0.5) is 16.0 Å². The van der Waals surface area contributed by atoms with Gasteiger partial charge in [0.15, 0.2) is 0 Å². The highest BCUT2D eigenvalue weighted by Gasteiger charge is 2.16. The van der Waals surface area contributed by atoms with E-state index < -0.39 is 15.8 Å². The van der Waals surface area contributed by atoms with Crippen molar-refractivity contribution in [2.75, 3.05) is 10.1 Å². The van der Waals surface area contributed by atoms with Gasteiger partial charge in [0, 0.05) is 0 Å². The molecular weight excluding hydrogens is 285 g/mol. The van der Waals surface area contributed by atoms with Crippen LogP contribution in [0.15, 0.2) is 35.5 Å². The van der Waals surface area contributed by atoms with E-state index in [-0.39, 0.29) is 16.5 Å². The second-order valence-corrected chi connectivity index (χ2v) is 5.63. The molecule has 20 heavy (non-hydrogen) atoms. The van der Waals surface area contributed by atoms with Crippen molar-refractivity contribution in [3.05, 3.63) is 42.0 Å². The summed E-state index contributed by atoms with van der Waals surface area (Å²) in [6.45, 7) is 1.60. The van der Waals surface area contributed by atoms with E-state index in [1.54, 1.807) is 6.92 Å². The van der Waals surface area contributed by atoms with Crippen molar-refractivity contribution in [3.8, 4) is 0 Å². The molecule has 106 valence electrons. The van der Waals surface area contributed by atoms with Gasteiger partial charge in [0.05, 0.1) is 18.1 Å². The largest absolute Gasteiger partial charge is 0.292 e. The van der Waals surface area contributed by atoms with Gasteiger partial charge >= 0.3 is 0 Å². The van der Waals surface area contributed by atoms with Crippen molar-refractivity contribution in [1.82, 2.24) is 9.97 Å². The molecule has 1 aromatic carbocycles. The monoisotopic (exact) mass is 297 g/mol. The third-order valence-electron chi connectivity index (χ3n) is 2.50. The Labute approximate surface area is 115 Å². The van der Waals surface area contributed by atoms with E-state index in [1.165, 1.54) is 18.2 Å². The molecule has 2 rings (SSSR count). The smallest absolute Gasteiger partial charge is 0.264 e. The summed E-state index contributed by atoms with van der Waals surface area (Å²) in [7, 11) is -3.84. The molecule has 0 spiro atoms. The first kappa shape index (κ1) is 14.2. The van der Waals surface area contributed by atoms with Gasteiger partial charge in [0.1, 0.15) is 10.7 Å². The van der Waals surface area contributed by atoms with Crippen molar-refractivity contribution < 1.29 is 12.8 Å². The molecule has 9 heteroatoms. The number of benzene rings is 1. The topological polar surface area (TPSA) is 110 Å². The van der Waals surface area contributed by atoms with E-state index in [0.29, 0.717) is 5.56 Å². The van der Waals surface area contributed by atoms with Crippen LogP contribution in [-0.4, -0.2) is 18.4 Å². The molecule has 1 heterocycles. The lowest BCUT2D eigenvalue weighted by Crippen LogP contribution is -2.16. The summed E-state index contributed by atoms with van der Waals surface area (Å²) < 4.78 is 39.5. The first-order valence-corrected chi connectivity index (χ1v) is 6.98. The van der Waals surface area contributed by atoms with Crippen LogP contribution in [0.25, 0.3) is 0 Å². The Bertz CT molecular complexity index is 718. The fourth-order valence-corrected chi connectivity index (χ4v) is 2.49. The minimum Gasteiger partial charge on any atom is -0.292 e. The minimum atomic E-state index is -3.84. The molecule has 0 aliphatic rings. The van der Waals surface area contributed by atoms with Gasteiger partial charge in [0.25, 0.3) is 10.0 Å². The zero-order valence-corrected chi connectivity index (χ0v) is 11.3. The van der Waals surface area contributed by atoms with Crippen molar-refractivity contribution >= 4 is 21.7 Å². The molecule has 0 fully saturated rings. The molecule has 0 aliphatic carbocycles. The van der Waals surface area contributed by atoms with Gasteiger partial charge in [-0.2, -0.15) is 0 Å². The second kappa shape index (κ2) is 5.39. The molecule has 0 atom stereocenters. The molecule has 0 saturated heterocycles. The number of anilines is 2. The summed E-state index contributed by atoms with van der Waals surface area (Å²) in [6.07, 6.45) is 2.23. The standard InChI is InChI=1S/C11H12FN5O2S/c1-7-4-8(12)2-3-10(7)17-20(18,19)9-5-14-11(16-13)15-6-9/h2-6,17H,13H2,1H3,(H,14,15,16). The zero-order valence-electron chi connectivity index (χ0n) is 10.5. The van der Waals surface area contributed by atoms with E-state index in [4.69, 9.17) is 5.84 Å². The Morgan fingerprint density at radius 2 is 1.90 bits per heavy atom. The summed E-state index contributed by atoms with van der Waals surface area (Å²) in [6, 6.07) is 3.75. The molecule has 4 N–H and O–H groups in total. The predicted octanol–water partition coefficient (Wildman–Crippen LogP) is 1.01. The van der Waals surface area contributed by atoms with Crippen LogP contribution < -0.4 is 16.0 Å². The van der Waals surface area contributed by atoms with Crippen molar-refractivity contribution in [1.29, 1.82) is 0 Å². The van der Waals surface area contributed by atoms with Crippen molar-refractivity contribution in [3.63, 3.8) is 0 Å². The fourth-order valence-electron chi connectivity index (χ4n) is 1.47. The molecule has 0 aliphatic heterocycles.